The molecule has 0 atom stereocenters. The fraction of sp³-hybridized carbons (Fsp3) is 0.480. The molecule has 32 heavy (non-hydrogen) atoms. The predicted octanol–water partition coefficient (Wildman–Crippen LogP) is 3.02. The van der Waals surface area contributed by atoms with Gasteiger partial charge in [-0.25, -0.2) is 4.98 Å². The Morgan fingerprint density at radius 1 is 1.06 bits per heavy atom. The minimum Gasteiger partial charge on any atom is -0.378 e. The first-order chi connectivity index (χ1) is 15.6. The van der Waals surface area contributed by atoms with Crippen LogP contribution in [0.25, 0.3) is 0 Å². The number of pyridine rings is 1. The van der Waals surface area contributed by atoms with E-state index in [0.29, 0.717) is 37.7 Å². The monoisotopic (exact) mass is 434 g/mol. The number of hydrogen-bond acceptors (Lipinski definition) is 5. The zero-order valence-corrected chi connectivity index (χ0v) is 18.6. The lowest BCUT2D eigenvalue weighted by Crippen LogP contribution is -2.50. The summed E-state index contributed by atoms with van der Waals surface area (Å²) in [6, 6.07) is 12.1. The molecule has 7 nitrogen and oxygen atoms in total. The Labute approximate surface area is 188 Å². The first-order valence-corrected chi connectivity index (χ1v) is 11.5. The van der Waals surface area contributed by atoms with E-state index in [4.69, 9.17) is 4.74 Å². The first-order valence-electron chi connectivity index (χ1n) is 11.5. The van der Waals surface area contributed by atoms with Crippen molar-refractivity contribution in [2.24, 2.45) is 0 Å². The Morgan fingerprint density at radius 2 is 1.81 bits per heavy atom. The summed E-state index contributed by atoms with van der Waals surface area (Å²) in [6.45, 7) is 5.93. The van der Waals surface area contributed by atoms with E-state index in [2.05, 4.69) is 33.4 Å². The molecule has 1 aliphatic carbocycles. The van der Waals surface area contributed by atoms with Gasteiger partial charge in [0.1, 0.15) is 5.82 Å². The van der Waals surface area contributed by atoms with E-state index in [9.17, 15) is 9.59 Å². The van der Waals surface area contributed by atoms with Gasteiger partial charge in [-0.3, -0.25) is 9.59 Å². The summed E-state index contributed by atoms with van der Waals surface area (Å²) >= 11 is 0. The molecule has 5 rings (SSSR count). The van der Waals surface area contributed by atoms with Crippen molar-refractivity contribution < 1.29 is 14.3 Å². The topological polar surface area (TPSA) is 74.8 Å². The minimum absolute atomic E-state index is 0.0118. The predicted molar refractivity (Wildman–Crippen MR) is 123 cm³/mol. The number of carbonyl (C=O) groups is 2. The number of aromatic nitrogens is 1. The summed E-state index contributed by atoms with van der Waals surface area (Å²) in [5.41, 5.74) is 3.79. The number of morpholine rings is 1. The van der Waals surface area contributed by atoms with Crippen molar-refractivity contribution in [3.05, 3.63) is 53.2 Å². The number of carbonyl (C=O) groups excluding carboxylic acids is 2. The molecule has 0 bridgehead atoms. The van der Waals surface area contributed by atoms with Crippen LogP contribution in [0.3, 0.4) is 0 Å². The molecule has 3 heterocycles. The molecule has 1 N–H and O–H groups in total. The largest absolute Gasteiger partial charge is 0.378 e. The van der Waals surface area contributed by atoms with Crippen LogP contribution in [0.4, 0.5) is 11.5 Å². The van der Waals surface area contributed by atoms with Gasteiger partial charge in [0.2, 0.25) is 0 Å². The van der Waals surface area contributed by atoms with Crippen LogP contribution in [-0.2, 0) is 26.3 Å². The van der Waals surface area contributed by atoms with Crippen molar-refractivity contribution in [3.63, 3.8) is 0 Å². The Kier molecular flexibility index (Phi) is 5.59. The Bertz CT molecular complexity index is 1030. The maximum atomic E-state index is 13.1. The number of nitrogens with zero attached hydrogens (tertiary/aromatic N) is 3. The van der Waals surface area contributed by atoms with E-state index in [1.54, 1.807) is 4.90 Å². The van der Waals surface area contributed by atoms with Crippen molar-refractivity contribution >= 4 is 23.3 Å². The fourth-order valence-electron chi connectivity index (χ4n) is 5.48. The van der Waals surface area contributed by atoms with Crippen LogP contribution in [0.1, 0.15) is 42.5 Å². The van der Waals surface area contributed by atoms with Crippen LogP contribution in [0.2, 0.25) is 0 Å². The molecule has 1 aromatic carbocycles. The van der Waals surface area contributed by atoms with Gasteiger partial charge in [0.25, 0.3) is 0 Å². The molecule has 7 heteroatoms. The molecule has 1 saturated carbocycles. The highest BCUT2D eigenvalue weighted by atomic mass is 16.5. The number of ether oxygens (including phenoxy) is 1. The summed E-state index contributed by atoms with van der Waals surface area (Å²) in [5, 5.41) is 2.80. The second-order valence-electron chi connectivity index (χ2n) is 9.16. The second-order valence-corrected chi connectivity index (χ2v) is 9.16. The third-order valence-corrected chi connectivity index (χ3v) is 7.14. The van der Waals surface area contributed by atoms with Crippen LogP contribution in [0, 0.1) is 6.92 Å². The molecule has 0 unspecified atom stereocenters. The fourth-order valence-corrected chi connectivity index (χ4v) is 5.48. The van der Waals surface area contributed by atoms with Crippen LogP contribution in [-0.4, -0.2) is 54.5 Å². The van der Waals surface area contributed by atoms with Gasteiger partial charge in [-0.15, -0.1) is 0 Å². The number of anilines is 2. The molecule has 2 fully saturated rings. The number of aryl methyl sites for hydroxylation is 1. The summed E-state index contributed by atoms with van der Waals surface area (Å²) in [7, 11) is 0. The Balaban J connectivity index is 1.30. The average molecular weight is 435 g/mol. The maximum Gasteiger partial charge on any atom is 0.313 e. The molecular weight excluding hydrogens is 404 g/mol. The SMILES string of the molecule is Cc1nc(N2CCOCC2)ccc1NC(=O)C(=O)N1Cc2ccccc2C2(CCCC2)C1. The molecule has 1 spiro atoms. The third-order valence-electron chi connectivity index (χ3n) is 7.14. The minimum atomic E-state index is -0.596. The van der Waals surface area contributed by atoms with Gasteiger partial charge in [-0.1, -0.05) is 37.1 Å². The zero-order chi connectivity index (χ0) is 22.1. The third kappa shape index (κ3) is 3.86. The first kappa shape index (κ1) is 20.9. The Morgan fingerprint density at radius 3 is 2.56 bits per heavy atom. The van der Waals surface area contributed by atoms with Crippen LogP contribution in [0.15, 0.2) is 36.4 Å². The Hall–Kier alpha value is -2.93. The van der Waals surface area contributed by atoms with Gasteiger partial charge in [-0.05, 0) is 43.0 Å². The van der Waals surface area contributed by atoms with Crippen molar-refractivity contribution in [2.75, 3.05) is 43.1 Å². The molecule has 2 aromatic rings. The van der Waals surface area contributed by atoms with E-state index in [0.717, 1.165) is 37.3 Å². The van der Waals surface area contributed by atoms with Gasteiger partial charge < -0.3 is 19.9 Å². The zero-order valence-electron chi connectivity index (χ0n) is 18.6. The normalized spacial score (nSPS) is 19.7. The molecular formula is C25H30N4O3. The van der Waals surface area contributed by atoms with Gasteiger partial charge in [0, 0.05) is 31.6 Å². The van der Waals surface area contributed by atoms with Crippen molar-refractivity contribution in [3.8, 4) is 0 Å². The van der Waals surface area contributed by atoms with E-state index < -0.39 is 11.8 Å². The average Bonchev–Trinajstić information content (AvgIpc) is 3.29. The lowest BCUT2D eigenvalue weighted by molar-refractivity contribution is -0.144. The number of rotatable bonds is 2. The standard InChI is InChI=1S/C25H30N4O3/c1-18-21(8-9-22(26-18)28-12-14-32-15-13-28)27-23(30)24(31)29-16-19-6-2-3-7-20(19)25(17-29)10-4-5-11-25/h2-3,6-9H,4-5,10-17H2,1H3,(H,27,30). The summed E-state index contributed by atoms with van der Waals surface area (Å²) < 4.78 is 5.40. The molecule has 168 valence electrons. The molecule has 2 aliphatic heterocycles. The molecule has 1 saturated heterocycles. The number of amides is 2. The lowest BCUT2D eigenvalue weighted by Gasteiger charge is -2.42. The van der Waals surface area contributed by atoms with E-state index in [-0.39, 0.29) is 5.41 Å². The summed E-state index contributed by atoms with van der Waals surface area (Å²) in [5.74, 6) is -0.199. The number of fused-ring (bicyclic) bond motifs is 2. The highest BCUT2D eigenvalue weighted by Gasteiger charge is 2.43. The molecule has 1 aromatic heterocycles. The highest BCUT2D eigenvalue weighted by Crippen LogP contribution is 2.45. The van der Waals surface area contributed by atoms with Crippen LogP contribution < -0.4 is 10.2 Å². The highest BCUT2D eigenvalue weighted by molar-refractivity contribution is 6.39. The molecule has 0 radical (unpaired) electrons. The number of nitrogens with one attached hydrogen (secondary N) is 1. The van der Waals surface area contributed by atoms with Crippen molar-refractivity contribution in [1.29, 1.82) is 0 Å². The smallest absolute Gasteiger partial charge is 0.313 e. The van der Waals surface area contributed by atoms with Crippen molar-refractivity contribution in [2.45, 2.75) is 44.6 Å². The summed E-state index contributed by atoms with van der Waals surface area (Å²) in [6.07, 6.45) is 4.48. The lowest BCUT2D eigenvalue weighted by atomic mass is 9.74. The van der Waals surface area contributed by atoms with Gasteiger partial charge in [0.15, 0.2) is 0 Å². The van der Waals surface area contributed by atoms with Crippen LogP contribution in [0.5, 0.6) is 0 Å². The van der Waals surface area contributed by atoms with Crippen molar-refractivity contribution in [1.82, 2.24) is 9.88 Å². The quantitative estimate of drug-likeness (QED) is 0.736. The molecule has 3 aliphatic rings. The number of benzene rings is 1. The van der Waals surface area contributed by atoms with Gasteiger partial charge >= 0.3 is 11.8 Å². The second kappa shape index (κ2) is 8.54. The van der Waals surface area contributed by atoms with E-state index in [1.165, 1.54) is 18.4 Å². The number of hydrogen-bond donors (Lipinski definition) is 1. The van der Waals surface area contributed by atoms with E-state index >= 15 is 0 Å². The van der Waals surface area contributed by atoms with Crippen LogP contribution >= 0.6 is 0 Å². The molecule has 2 amide bonds. The maximum absolute atomic E-state index is 13.1. The van der Waals surface area contributed by atoms with E-state index in [1.807, 2.05) is 25.1 Å². The summed E-state index contributed by atoms with van der Waals surface area (Å²) in [4.78, 5) is 34.6. The van der Waals surface area contributed by atoms with Gasteiger partial charge in [0.05, 0.1) is 24.6 Å². The van der Waals surface area contributed by atoms with Gasteiger partial charge in [-0.2, -0.15) is 0 Å².